The minimum Gasteiger partial charge on any atom is -0.493 e. The predicted octanol–water partition coefficient (Wildman–Crippen LogP) is 4.75. The maximum Gasteiger partial charge on any atom is 0.122 e. The molecule has 2 unspecified atom stereocenters. The number of fused-ring (bicyclic) bond motifs is 1. The second kappa shape index (κ2) is 6.39. The number of para-hydroxylation sites is 1. The second-order valence-electron chi connectivity index (χ2n) is 7.91. The Bertz CT molecular complexity index is 463. The van der Waals surface area contributed by atoms with Gasteiger partial charge in [0.05, 0.1) is 6.61 Å². The molecule has 0 aliphatic carbocycles. The summed E-state index contributed by atoms with van der Waals surface area (Å²) in [5, 5.41) is 3.70. The van der Waals surface area contributed by atoms with Crippen LogP contribution in [0.5, 0.6) is 5.75 Å². The Balaban J connectivity index is 2.06. The minimum atomic E-state index is 0.180. The molecule has 0 aromatic heterocycles. The molecule has 0 saturated carbocycles. The van der Waals surface area contributed by atoms with Crippen LogP contribution < -0.4 is 10.1 Å². The van der Waals surface area contributed by atoms with E-state index in [1.807, 2.05) is 0 Å². The molecule has 1 aliphatic rings. The summed E-state index contributed by atoms with van der Waals surface area (Å²) in [5.41, 5.74) is 1.91. The maximum absolute atomic E-state index is 5.86. The molecular weight excluding hydrogens is 258 g/mol. The number of benzene rings is 1. The number of rotatable bonds is 6. The van der Waals surface area contributed by atoms with Gasteiger partial charge in [-0.05, 0) is 45.1 Å². The fourth-order valence-corrected chi connectivity index (χ4v) is 3.34. The summed E-state index contributed by atoms with van der Waals surface area (Å²) in [5.74, 6) is 1.63. The molecule has 1 aromatic carbocycles. The topological polar surface area (TPSA) is 21.3 Å². The van der Waals surface area contributed by atoms with Gasteiger partial charge in [-0.2, -0.15) is 0 Å². The van der Waals surface area contributed by atoms with Gasteiger partial charge >= 0.3 is 0 Å². The third kappa shape index (κ3) is 4.47. The van der Waals surface area contributed by atoms with E-state index in [-0.39, 0.29) is 5.54 Å². The van der Waals surface area contributed by atoms with Crippen molar-refractivity contribution in [1.29, 1.82) is 0 Å². The van der Waals surface area contributed by atoms with Crippen LogP contribution in [0.3, 0.4) is 0 Å². The maximum atomic E-state index is 5.86. The first-order valence-corrected chi connectivity index (χ1v) is 8.30. The fraction of sp³-hybridized carbons (Fsp3) is 0.684. The van der Waals surface area contributed by atoms with Crippen molar-refractivity contribution in [3.05, 3.63) is 29.8 Å². The Morgan fingerprint density at radius 2 is 1.90 bits per heavy atom. The van der Waals surface area contributed by atoms with Crippen molar-refractivity contribution in [2.75, 3.05) is 13.2 Å². The van der Waals surface area contributed by atoms with E-state index in [0.29, 0.717) is 11.3 Å². The van der Waals surface area contributed by atoms with Crippen LogP contribution in [-0.4, -0.2) is 18.7 Å². The average Bonchev–Trinajstić information content (AvgIpc) is 2.80. The van der Waals surface area contributed by atoms with Gasteiger partial charge in [0, 0.05) is 23.6 Å². The first-order valence-electron chi connectivity index (χ1n) is 8.30. The lowest BCUT2D eigenvalue weighted by Gasteiger charge is -2.35. The van der Waals surface area contributed by atoms with E-state index in [0.717, 1.165) is 18.9 Å². The molecule has 21 heavy (non-hydrogen) atoms. The van der Waals surface area contributed by atoms with Crippen molar-refractivity contribution in [3.8, 4) is 5.75 Å². The van der Waals surface area contributed by atoms with Gasteiger partial charge in [-0.1, -0.05) is 38.5 Å². The Labute approximate surface area is 130 Å². The summed E-state index contributed by atoms with van der Waals surface area (Å²) in [6, 6.07) is 8.52. The molecule has 2 nitrogen and oxygen atoms in total. The lowest BCUT2D eigenvalue weighted by molar-refractivity contribution is 0.198. The number of nitrogens with one attached hydrogen (secondary N) is 1. The molecule has 0 saturated heterocycles. The Morgan fingerprint density at radius 3 is 2.57 bits per heavy atom. The van der Waals surface area contributed by atoms with Crippen molar-refractivity contribution < 1.29 is 4.74 Å². The zero-order valence-electron chi connectivity index (χ0n) is 14.3. The van der Waals surface area contributed by atoms with Gasteiger partial charge in [0.25, 0.3) is 0 Å². The van der Waals surface area contributed by atoms with Gasteiger partial charge in [0.1, 0.15) is 5.75 Å². The van der Waals surface area contributed by atoms with Crippen molar-refractivity contribution in [2.24, 2.45) is 5.41 Å². The number of hydrogen-bond donors (Lipinski definition) is 1. The minimum absolute atomic E-state index is 0.180. The van der Waals surface area contributed by atoms with Crippen LogP contribution in [-0.2, 0) is 0 Å². The lowest BCUT2D eigenvalue weighted by atomic mass is 9.75. The Kier molecular flexibility index (Phi) is 4.98. The van der Waals surface area contributed by atoms with E-state index in [2.05, 4.69) is 64.2 Å². The molecule has 0 bridgehead atoms. The van der Waals surface area contributed by atoms with Gasteiger partial charge < -0.3 is 10.1 Å². The zero-order chi connectivity index (χ0) is 15.5. The molecule has 1 aromatic rings. The van der Waals surface area contributed by atoms with Crippen LogP contribution in [0.4, 0.5) is 0 Å². The Hall–Kier alpha value is -1.02. The summed E-state index contributed by atoms with van der Waals surface area (Å²) in [6.45, 7) is 13.4. The van der Waals surface area contributed by atoms with Gasteiger partial charge in [-0.15, -0.1) is 0 Å². The monoisotopic (exact) mass is 289 g/mol. The van der Waals surface area contributed by atoms with Crippen molar-refractivity contribution in [1.82, 2.24) is 5.32 Å². The molecule has 2 heteroatoms. The fourth-order valence-electron chi connectivity index (χ4n) is 3.34. The summed E-state index contributed by atoms with van der Waals surface area (Å²) < 4.78 is 5.86. The van der Waals surface area contributed by atoms with Crippen molar-refractivity contribution in [3.63, 3.8) is 0 Å². The van der Waals surface area contributed by atoms with Gasteiger partial charge in [0.15, 0.2) is 0 Å². The third-order valence-corrected chi connectivity index (χ3v) is 4.44. The van der Waals surface area contributed by atoms with Gasteiger partial charge in [0.2, 0.25) is 0 Å². The van der Waals surface area contributed by atoms with E-state index in [4.69, 9.17) is 4.74 Å². The van der Waals surface area contributed by atoms with E-state index in [1.54, 1.807) is 0 Å². The summed E-state index contributed by atoms with van der Waals surface area (Å²) >= 11 is 0. The molecule has 0 spiro atoms. The van der Waals surface area contributed by atoms with Crippen molar-refractivity contribution >= 4 is 0 Å². The molecule has 118 valence electrons. The normalized spacial score (nSPS) is 20.7. The molecule has 1 N–H and O–H groups in total. The zero-order valence-corrected chi connectivity index (χ0v) is 14.3. The SMILES string of the molecule is CCCC(C)(CNC(C)(C)C)CC1COc2ccccc21. The summed E-state index contributed by atoms with van der Waals surface area (Å²) in [7, 11) is 0. The molecule has 2 atom stereocenters. The highest BCUT2D eigenvalue weighted by Crippen LogP contribution is 2.42. The lowest BCUT2D eigenvalue weighted by Crippen LogP contribution is -2.43. The van der Waals surface area contributed by atoms with Gasteiger partial charge in [-0.3, -0.25) is 0 Å². The molecule has 0 fully saturated rings. The third-order valence-electron chi connectivity index (χ3n) is 4.44. The molecule has 2 rings (SSSR count). The predicted molar refractivity (Wildman–Crippen MR) is 90.1 cm³/mol. The molecule has 0 radical (unpaired) electrons. The molecule has 1 heterocycles. The smallest absolute Gasteiger partial charge is 0.122 e. The highest BCUT2D eigenvalue weighted by Gasteiger charge is 2.33. The Morgan fingerprint density at radius 1 is 1.19 bits per heavy atom. The van der Waals surface area contributed by atoms with Crippen LogP contribution in [0.15, 0.2) is 24.3 Å². The van der Waals surface area contributed by atoms with Crippen molar-refractivity contribution in [2.45, 2.75) is 65.3 Å². The second-order valence-corrected chi connectivity index (χ2v) is 7.91. The van der Waals surface area contributed by atoms with Gasteiger partial charge in [-0.25, -0.2) is 0 Å². The van der Waals surface area contributed by atoms with Crippen LogP contribution >= 0.6 is 0 Å². The number of hydrogen-bond acceptors (Lipinski definition) is 2. The van der Waals surface area contributed by atoms with Crippen LogP contribution in [0, 0.1) is 5.41 Å². The van der Waals surface area contributed by atoms with E-state index in [1.165, 1.54) is 24.8 Å². The summed E-state index contributed by atoms with van der Waals surface area (Å²) in [6.07, 6.45) is 3.69. The van der Waals surface area contributed by atoms with E-state index >= 15 is 0 Å². The van der Waals surface area contributed by atoms with E-state index in [9.17, 15) is 0 Å². The summed E-state index contributed by atoms with van der Waals surface area (Å²) in [4.78, 5) is 0. The average molecular weight is 289 g/mol. The molecule has 1 aliphatic heterocycles. The molecular formula is C19H31NO. The van der Waals surface area contributed by atoms with Crippen LogP contribution in [0.1, 0.15) is 65.4 Å². The first-order chi connectivity index (χ1) is 9.83. The largest absolute Gasteiger partial charge is 0.493 e. The quantitative estimate of drug-likeness (QED) is 0.816. The van der Waals surface area contributed by atoms with Crippen LogP contribution in [0.25, 0.3) is 0 Å². The highest BCUT2D eigenvalue weighted by molar-refractivity contribution is 5.39. The van der Waals surface area contributed by atoms with E-state index < -0.39 is 0 Å². The standard InChI is InChI=1S/C19H31NO/c1-6-11-19(5,14-20-18(2,3)4)12-15-13-21-17-10-8-7-9-16(15)17/h7-10,15,20H,6,11-14H2,1-5H3. The van der Waals surface area contributed by atoms with Crippen LogP contribution in [0.2, 0.25) is 0 Å². The molecule has 0 amide bonds. The highest BCUT2D eigenvalue weighted by atomic mass is 16.5. The number of ether oxygens (including phenoxy) is 1. The first kappa shape index (κ1) is 16.4.